The van der Waals surface area contributed by atoms with E-state index in [1.807, 2.05) is 24.4 Å². The van der Waals surface area contributed by atoms with Gasteiger partial charge in [0.1, 0.15) is 11.9 Å². The number of amides is 3. The summed E-state index contributed by atoms with van der Waals surface area (Å²) < 4.78 is 1.80. The minimum absolute atomic E-state index is 0.173. The van der Waals surface area contributed by atoms with E-state index in [-0.39, 0.29) is 11.9 Å². The van der Waals surface area contributed by atoms with E-state index in [2.05, 4.69) is 41.8 Å². The molecule has 27 heavy (non-hydrogen) atoms. The third-order valence-electron chi connectivity index (χ3n) is 4.19. The molecule has 0 aliphatic heterocycles. The molecular weight excluding hydrogens is 362 g/mol. The Morgan fingerprint density at radius 2 is 2.04 bits per heavy atom. The SMILES string of the molecule is CCC(NC(=O)Nc1ccnn1C(C)CC(C)C)C(=O)NCc1cccs1. The molecule has 0 saturated heterocycles. The quantitative estimate of drug-likeness (QED) is 0.608. The molecular formula is C19H29N5O2S. The smallest absolute Gasteiger partial charge is 0.321 e. The van der Waals surface area contributed by atoms with Gasteiger partial charge >= 0.3 is 6.03 Å². The highest BCUT2D eigenvalue weighted by Gasteiger charge is 2.20. The Labute approximate surface area is 164 Å². The van der Waals surface area contributed by atoms with Gasteiger partial charge in [0, 0.05) is 10.9 Å². The lowest BCUT2D eigenvalue weighted by Gasteiger charge is -2.20. The fraction of sp³-hybridized carbons (Fsp3) is 0.526. The molecule has 7 nitrogen and oxygen atoms in total. The highest BCUT2D eigenvalue weighted by Crippen LogP contribution is 2.20. The predicted octanol–water partition coefficient (Wildman–Crippen LogP) is 3.77. The van der Waals surface area contributed by atoms with Crippen LogP contribution in [0.2, 0.25) is 0 Å². The Bertz CT molecular complexity index is 726. The Hall–Kier alpha value is -2.35. The number of rotatable bonds is 9. The first-order valence-electron chi connectivity index (χ1n) is 9.31. The van der Waals surface area contributed by atoms with Crippen molar-refractivity contribution in [1.82, 2.24) is 20.4 Å². The van der Waals surface area contributed by atoms with Gasteiger partial charge in [-0.2, -0.15) is 5.10 Å². The van der Waals surface area contributed by atoms with Gasteiger partial charge in [0.25, 0.3) is 0 Å². The summed E-state index contributed by atoms with van der Waals surface area (Å²) in [4.78, 5) is 25.8. The van der Waals surface area contributed by atoms with Gasteiger partial charge in [0.15, 0.2) is 0 Å². The van der Waals surface area contributed by atoms with E-state index in [1.54, 1.807) is 28.3 Å². The maximum atomic E-state index is 12.4. The van der Waals surface area contributed by atoms with Crippen LogP contribution >= 0.6 is 11.3 Å². The zero-order chi connectivity index (χ0) is 19.8. The van der Waals surface area contributed by atoms with Gasteiger partial charge < -0.3 is 10.6 Å². The highest BCUT2D eigenvalue weighted by molar-refractivity contribution is 7.09. The molecule has 8 heteroatoms. The van der Waals surface area contributed by atoms with Crippen molar-refractivity contribution >= 4 is 29.1 Å². The number of anilines is 1. The average Bonchev–Trinajstić information content (AvgIpc) is 3.28. The average molecular weight is 392 g/mol. The fourth-order valence-electron chi connectivity index (χ4n) is 2.92. The van der Waals surface area contributed by atoms with E-state index in [9.17, 15) is 9.59 Å². The normalized spacial score (nSPS) is 13.2. The van der Waals surface area contributed by atoms with Crippen molar-refractivity contribution in [2.75, 3.05) is 5.32 Å². The molecule has 2 heterocycles. The Kier molecular flexibility index (Phi) is 7.84. The van der Waals surface area contributed by atoms with Crippen LogP contribution < -0.4 is 16.0 Å². The number of hydrogen-bond donors (Lipinski definition) is 3. The number of aromatic nitrogens is 2. The van der Waals surface area contributed by atoms with E-state index in [4.69, 9.17) is 0 Å². The first-order valence-corrected chi connectivity index (χ1v) is 10.2. The minimum Gasteiger partial charge on any atom is -0.349 e. The summed E-state index contributed by atoms with van der Waals surface area (Å²) in [5.74, 6) is 0.958. The molecule has 0 saturated carbocycles. The van der Waals surface area contributed by atoms with Crippen molar-refractivity contribution in [3.8, 4) is 0 Å². The predicted molar refractivity (Wildman–Crippen MR) is 109 cm³/mol. The molecule has 0 radical (unpaired) electrons. The van der Waals surface area contributed by atoms with Crippen LogP contribution in [0.25, 0.3) is 0 Å². The molecule has 148 valence electrons. The number of carbonyl (C=O) groups excluding carboxylic acids is 2. The van der Waals surface area contributed by atoms with Crippen LogP contribution in [0.1, 0.15) is 51.5 Å². The second-order valence-corrected chi connectivity index (χ2v) is 8.03. The summed E-state index contributed by atoms with van der Waals surface area (Å²) in [6.45, 7) is 8.71. The summed E-state index contributed by atoms with van der Waals surface area (Å²) >= 11 is 1.59. The van der Waals surface area contributed by atoms with E-state index in [1.165, 1.54) is 0 Å². The Morgan fingerprint density at radius 3 is 2.67 bits per heavy atom. The summed E-state index contributed by atoms with van der Waals surface area (Å²) in [7, 11) is 0. The molecule has 0 aromatic carbocycles. The van der Waals surface area contributed by atoms with Crippen LogP contribution in [-0.2, 0) is 11.3 Å². The standard InChI is InChI=1S/C19H29N5O2S/c1-5-16(18(25)20-12-15-7-6-10-27-15)22-19(26)23-17-8-9-21-24(17)14(4)11-13(2)3/h6-10,13-14,16H,5,11-12H2,1-4H3,(H,20,25)(H2,22,23,26). The lowest BCUT2D eigenvalue weighted by molar-refractivity contribution is -0.123. The van der Waals surface area contributed by atoms with Crippen LogP contribution in [0.4, 0.5) is 10.6 Å². The van der Waals surface area contributed by atoms with Gasteiger partial charge in [0.2, 0.25) is 5.91 Å². The third-order valence-corrected chi connectivity index (χ3v) is 5.07. The fourth-order valence-corrected chi connectivity index (χ4v) is 3.57. The van der Waals surface area contributed by atoms with Crippen LogP contribution in [0.3, 0.4) is 0 Å². The topological polar surface area (TPSA) is 88.1 Å². The van der Waals surface area contributed by atoms with E-state index >= 15 is 0 Å². The first-order chi connectivity index (χ1) is 12.9. The molecule has 0 aliphatic carbocycles. The van der Waals surface area contributed by atoms with Crippen LogP contribution in [0, 0.1) is 5.92 Å². The van der Waals surface area contributed by atoms with Crippen molar-refractivity contribution in [1.29, 1.82) is 0 Å². The lowest BCUT2D eigenvalue weighted by atomic mass is 10.1. The molecule has 0 spiro atoms. The van der Waals surface area contributed by atoms with Crippen molar-refractivity contribution < 1.29 is 9.59 Å². The van der Waals surface area contributed by atoms with Crippen molar-refractivity contribution in [2.24, 2.45) is 5.92 Å². The number of thiophene rings is 1. The molecule has 2 aromatic rings. The van der Waals surface area contributed by atoms with Gasteiger partial charge in [-0.05, 0) is 37.1 Å². The van der Waals surface area contributed by atoms with E-state index in [0.717, 1.165) is 11.3 Å². The molecule has 2 rings (SSSR count). The molecule has 2 unspecified atom stereocenters. The lowest BCUT2D eigenvalue weighted by Crippen LogP contribution is -2.47. The number of nitrogens with one attached hydrogen (secondary N) is 3. The number of nitrogens with zero attached hydrogens (tertiary/aromatic N) is 2. The summed E-state index contributed by atoms with van der Waals surface area (Å²) in [6.07, 6.45) is 3.13. The maximum Gasteiger partial charge on any atom is 0.321 e. The van der Waals surface area contributed by atoms with Gasteiger partial charge in [-0.1, -0.05) is 26.8 Å². The van der Waals surface area contributed by atoms with Crippen molar-refractivity contribution in [3.05, 3.63) is 34.7 Å². The third kappa shape index (κ3) is 6.39. The van der Waals surface area contributed by atoms with E-state index in [0.29, 0.717) is 24.7 Å². The monoisotopic (exact) mass is 391 g/mol. The van der Waals surface area contributed by atoms with E-state index < -0.39 is 12.1 Å². The summed E-state index contributed by atoms with van der Waals surface area (Å²) in [5.41, 5.74) is 0. The number of hydrogen-bond acceptors (Lipinski definition) is 4. The Balaban J connectivity index is 1.89. The van der Waals surface area contributed by atoms with Crippen molar-refractivity contribution in [3.63, 3.8) is 0 Å². The van der Waals surface area contributed by atoms with Crippen molar-refractivity contribution in [2.45, 2.75) is 59.2 Å². The highest BCUT2D eigenvalue weighted by atomic mass is 32.1. The summed E-state index contributed by atoms with van der Waals surface area (Å²) in [5, 5.41) is 14.7. The van der Waals surface area contributed by atoms with Gasteiger partial charge in [0.05, 0.1) is 18.8 Å². The zero-order valence-electron chi connectivity index (χ0n) is 16.4. The van der Waals surface area contributed by atoms with Crippen LogP contribution in [0.5, 0.6) is 0 Å². The summed E-state index contributed by atoms with van der Waals surface area (Å²) in [6, 6.07) is 4.84. The van der Waals surface area contributed by atoms with Crippen LogP contribution in [0.15, 0.2) is 29.8 Å². The number of carbonyl (C=O) groups is 2. The largest absolute Gasteiger partial charge is 0.349 e. The first kappa shape index (κ1) is 21.0. The second kappa shape index (κ2) is 10.1. The van der Waals surface area contributed by atoms with Gasteiger partial charge in [-0.3, -0.25) is 10.1 Å². The molecule has 3 N–H and O–H groups in total. The van der Waals surface area contributed by atoms with Crippen LogP contribution in [-0.4, -0.2) is 27.8 Å². The Morgan fingerprint density at radius 1 is 1.26 bits per heavy atom. The minimum atomic E-state index is -0.588. The maximum absolute atomic E-state index is 12.4. The molecule has 0 aliphatic rings. The zero-order valence-corrected chi connectivity index (χ0v) is 17.2. The number of urea groups is 1. The molecule has 3 amide bonds. The molecule has 0 fully saturated rings. The van der Waals surface area contributed by atoms with Gasteiger partial charge in [-0.25, -0.2) is 9.48 Å². The molecule has 0 bridgehead atoms. The second-order valence-electron chi connectivity index (χ2n) is 7.00. The molecule has 2 aromatic heterocycles. The molecule has 2 atom stereocenters. The van der Waals surface area contributed by atoms with Gasteiger partial charge in [-0.15, -0.1) is 11.3 Å².